The highest BCUT2D eigenvalue weighted by molar-refractivity contribution is 5.79. The molecule has 1 heterocycles. The van der Waals surface area contributed by atoms with E-state index in [2.05, 4.69) is 43.2 Å². The van der Waals surface area contributed by atoms with Crippen LogP contribution in [-0.2, 0) is 0 Å². The molecule has 0 saturated carbocycles. The number of rotatable bonds is 12. The van der Waals surface area contributed by atoms with E-state index in [1.165, 1.54) is 45.3 Å². The molecule has 1 aliphatic heterocycles. The highest BCUT2D eigenvalue weighted by atomic mass is 16.3. The van der Waals surface area contributed by atoms with Crippen molar-refractivity contribution in [2.45, 2.75) is 72.6 Å². The highest BCUT2D eigenvalue weighted by Gasteiger charge is 2.25. The van der Waals surface area contributed by atoms with Gasteiger partial charge in [-0.2, -0.15) is 0 Å². The Morgan fingerprint density at radius 2 is 1.96 bits per heavy atom. The molecule has 1 fully saturated rings. The topological polar surface area (TPSA) is 59.9 Å². The zero-order valence-electron chi connectivity index (χ0n) is 17.8. The highest BCUT2D eigenvalue weighted by Crippen LogP contribution is 2.30. The summed E-state index contributed by atoms with van der Waals surface area (Å²) in [6.07, 6.45) is 8.13. The Morgan fingerprint density at radius 1 is 1.19 bits per heavy atom. The third kappa shape index (κ3) is 8.72. The molecule has 0 aromatic carbocycles. The maximum Gasteiger partial charge on any atom is 0.191 e. The van der Waals surface area contributed by atoms with E-state index in [9.17, 15) is 5.11 Å². The minimum Gasteiger partial charge on any atom is -0.396 e. The Hall–Kier alpha value is -0.810. The second-order valence-electron chi connectivity index (χ2n) is 8.06. The lowest BCUT2D eigenvalue weighted by atomic mass is 9.79. The third-order valence-electron chi connectivity index (χ3n) is 5.99. The van der Waals surface area contributed by atoms with Gasteiger partial charge in [0, 0.05) is 32.8 Å². The molecule has 0 aliphatic carbocycles. The lowest BCUT2D eigenvalue weighted by molar-refractivity contribution is 0.175. The summed E-state index contributed by atoms with van der Waals surface area (Å²) in [6, 6.07) is 0. The van der Waals surface area contributed by atoms with Crippen molar-refractivity contribution < 1.29 is 5.11 Å². The summed E-state index contributed by atoms with van der Waals surface area (Å²) in [5, 5.41) is 16.2. The number of aliphatic hydroxyl groups excluding tert-OH is 1. The van der Waals surface area contributed by atoms with E-state index in [1.807, 2.05) is 0 Å². The van der Waals surface area contributed by atoms with Crippen LogP contribution in [-0.4, -0.2) is 61.8 Å². The molecular weight excluding hydrogens is 324 g/mol. The predicted octanol–water partition coefficient (Wildman–Crippen LogP) is 3.24. The molecular formula is C21H44N4O. The number of guanidine groups is 1. The van der Waals surface area contributed by atoms with Gasteiger partial charge in [0.25, 0.3) is 0 Å². The summed E-state index contributed by atoms with van der Waals surface area (Å²) in [7, 11) is 0. The van der Waals surface area contributed by atoms with Gasteiger partial charge in [0.1, 0.15) is 0 Å². The molecule has 1 atom stereocenters. The van der Waals surface area contributed by atoms with Crippen molar-refractivity contribution in [2.24, 2.45) is 16.3 Å². The number of aliphatic hydroxyl groups is 1. The summed E-state index contributed by atoms with van der Waals surface area (Å²) in [5.41, 5.74) is 0.127. The number of hydrogen-bond donors (Lipinski definition) is 3. The Bertz CT molecular complexity index is 382. The molecule has 5 nitrogen and oxygen atoms in total. The smallest absolute Gasteiger partial charge is 0.191 e. The van der Waals surface area contributed by atoms with Crippen LogP contribution in [0.3, 0.4) is 0 Å². The Labute approximate surface area is 162 Å². The first-order valence-corrected chi connectivity index (χ1v) is 10.9. The van der Waals surface area contributed by atoms with Gasteiger partial charge in [0.05, 0.1) is 0 Å². The molecule has 5 heteroatoms. The average Bonchev–Trinajstić information content (AvgIpc) is 2.64. The minimum atomic E-state index is 0.127. The molecule has 0 aromatic heterocycles. The maximum absolute atomic E-state index is 9.37. The van der Waals surface area contributed by atoms with Crippen molar-refractivity contribution >= 4 is 5.96 Å². The van der Waals surface area contributed by atoms with E-state index in [0.717, 1.165) is 50.8 Å². The van der Waals surface area contributed by atoms with Crippen LogP contribution in [0.5, 0.6) is 0 Å². The maximum atomic E-state index is 9.37. The zero-order valence-corrected chi connectivity index (χ0v) is 17.8. The van der Waals surface area contributed by atoms with Gasteiger partial charge in [-0.25, -0.2) is 0 Å². The van der Waals surface area contributed by atoms with E-state index in [4.69, 9.17) is 4.99 Å². The fourth-order valence-corrected chi connectivity index (χ4v) is 3.89. The summed E-state index contributed by atoms with van der Waals surface area (Å²) in [4.78, 5) is 7.44. The number of likely N-dealkylation sites (tertiary alicyclic amines) is 1. The first-order valence-electron chi connectivity index (χ1n) is 10.9. The molecule has 1 unspecified atom stereocenters. The van der Waals surface area contributed by atoms with Gasteiger partial charge in [-0.1, -0.05) is 20.8 Å². The number of aliphatic imine (C=N–C) groups is 1. The van der Waals surface area contributed by atoms with Gasteiger partial charge < -0.3 is 20.6 Å². The van der Waals surface area contributed by atoms with Gasteiger partial charge in [-0.05, 0) is 76.3 Å². The molecule has 0 bridgehead atoms. The zero-order chi connectivity index (χ0) is 19.3. The van der Waals surface area contributed by atoms with E-state index in [0.29, 0.717) is 0 Å². The van der Waals surface area contributed by atoms with Crippen LogP contribution in [0.25, 0.3) is 0 Å². The minimum absolute atomic E-state index is 0.127. The normalized spacial score (nSPS) is 19.6. The predicted molar refractivity (Wildman–Crippen MR) is 113 cm³/mol. The molecule has 0 radical (unpaired) electrons. The molecule has 0 amide bonds. The average molecular weight is 369 g/mol. The number of nitrogens with one attached hydrogen (secondary N) is 2. The van der Waals surface area contributed by atoms with Crippen LogP contribution in [0.4, 0.5) is 0 Å². The lowest BCUT2D eigenvalue weighted by Gasteiger charge is -2.30. The number of nitrogens with zero attached hydrogens (tertiary/aromatic N) is 2. The molecule has 26 heavy (non-hydrogen) atoms. The van der Waals surface area contributed by atoms with Crippen molar-refractivity contribution in [1.82, 2.24) is 15.5 Å². The molecule has 1 aliphatic rings. The summed E-state index contributed by atoms with van der Waals surface area (Å²) in [5.74, 6) is 1.79. The summed E-state index contributed by atoms with van der Waals surface area (Å²) >= 11 is 0. The number of piperidine rings is 1. The van der Waals surface area contributed by atoms with Gasteiger partial charge in [-0.3, -0.25) is 4.99 Å². The van der Waals surface area contributed by atoms with Gasteiger partial charge >= 0.3 is 0 Å². The van der Waals surface area contributed by atoms with E-state index in [-0.39, 0.29) is 12.0 Å². The van der Waals surface area contributed by atoms with Crippen molar-refractivity contribution in [3.8, 4) is 0 Å². The van der Waals surface area contributed by atoms with Gasteiger partial charge in [-0.15, -0.1) is 0 Å². The largest absolute Gasteiger partial charge is 0.396 e. The van der Waals surface area contributed by atoms with E-state index >= 15 is 0 Å². The Kier molecular flexibility index (Phi) is 11.9. The van der Waals surface area contributed by atoms with Crippen molar-refractivity contribution in [3.63, 3.8) is 0 Å². The summed E-state index contributed by atoms with van der Waals surface area (Å²) < 4.78 is 0. The molecule has 0 spiro atoms. The molecule has 154 valence electrons. The van der Waals surface area contributed by atoms with Crippen molar-refractivity contribution in [2.75, 3.05) is 45.9 Å². The third-order valence-corrected chi connectivity index (χ3v) is 5.99. The SMILES string of the molecule is CCNC(=NCC(CC)(CC)CCO)NCCCCN1CCCC(C)C1. The second kappa shape index (κ2) is 13.4. The van der Waals surface area contributed by atoms with Crippen LogP contribution in [0.2, 0.25) is 0 Å². The van der Waals surface area contributed by atoms with Crippen LogP contribution in [0.15, 0.2) is 4.99 Å². The van der Waals surface area contributed by atoms with Crippen LogP contribution >= 0.6 is 0 Å². The van der Waals surface area contributed by atoms with Crippen LogP contribution in [0, 0.1) is 11.3 Å². The molecule has 3 N–H and O–H groups in total. The number of unbranched alkanes of at least 4 members (excludes halogenated alkanes) is 1. The van der Waals surface area contributed by atoms with E-state index < -0.39 is 0 Å². The van der Waals surface area contributed by atoms with Crippen LogP contribution < -0.4 is 10.6 Å². The van der Waals surface area contributed by atoms with Gasteiger partial charge in [0.15, 0.2) is 5.96 Å². The first kappa shape index (κ1) is 23.2. The first-order chi connectivity index (χ1) is 12.6. The van der Waals surface area contributed by atoms with E-state index in [1.54, 1.807) is 0 Å². The van der Waals surface area contributed by atoms with Crippen molar-refractivity contribution in [1.29, 1.82) is 0 Å². The number of hydrogen-bond acceptors (Lipinski definition) is 3. The fraction of sp³-hybridized carbons (Fsp3) is 0.952. The quantitative estimate of drug-likeness (QED) is 0.281. The molecule has 0 aromatic rings. The summed E-state index contributed by atoms with van der Waals surface area (Å²) in [6.45, 7) is 15.5. The Balaban J connectivity index is 2.34. The second-order valence-corrected chi connectivity index (χ2v) is 8.06. The van der Waals surface area contributed by atoms with Crippen molar-refractivity contribution in [3.05, 3.63) is 0 Å². The van der Waals surface area contributed by atoms with Crippen LogP contribution in [0.1, 0.15) is 72.6 Å². The molecule has 1 saturated heterocycles. The Morgan fingerprint density at radius 3 is 2.58 bits per heavy atom. The van der Waals surface area contributed by atoms with Gasteiger partial charge in [0.2, 0.25) is 0 Å². The molecule has 1 rings (SSSR count). The fourth-order valence-electron chi connectivity index (χ4n) is 3.89. The monoisotopic (exact) mass is 368 g/mol. The standard InChI is InChI=1S/C21H44N4O/c1-5-21(6-2,12-16-26)18-24-20(22-7-3)23-13-8-9-14-25-15-10-11-19(4)17-25/h19,26H,5-18H2,1-4H3,(H2,22,23,24). The lowest BCUT2D eigenvalue weighted by Crippen LogP contribution is -2.39.